The van der Waals surface area contributed by atoms with Crippen LogP contribution in [0.2, 0.25) is 0 Å². The molecule has 0 bridgehead atoms. The molecule has 142 valence electrons. The van der Waals surface area contributed by atoms with Gasteiger partial charge in [-0.15, -0.1) is 17.0 Å². The van der Waals surface area contributed by atoms with E-state index in [2.05, 4.69) is 12.2 Å². The zero-order chi connectivity index (χ0) is 16.1. The van der Waals surface area contributed by atoms with Crippen LogP contribution in [0.5, 0.6) is 0 Å². The molecule has 0 aliphatic carbocycles. The number of hydrogen-bond acceptors (Lipinski definition) is 2. The fourth-order valence-electron chi connectivity index (χ4n) is 3.00. The number of aliphatic hydroxyl groups excluding tert-OH is 1. The second kappa shape index (κ2) is 24.6. The van der Waals surface area contributed by atoms with Crippen molar-refractivity contribution in [2.75, 3.05) is 19.7 Å². The summed E-state index contributed by atoms with van der Waals surface area (Å²) >= 11 is 0. The fourth-order valence-corrected chi connectivity index (χ4v) is 3.00. The number of nitrogens with one attached hydrogen (secondary N) is 1. The Kier molecular flexibility index (Phi) is 27.5. The van der Waals surface area contributed by atoms with Crippen molar-refractivity contribution >= 4 is 17.0 Å². The summed E-state index contributed by atoms with van der Waals surface area (Å²) in [5.74, 6) is 0. The fraction of sp³-hybridized carbons (Fsp3) is 1.00. The molecule has 0 heterocycles. The molecule has 0 rings (SSSR count). The number of aliphatic hydroxyl groups is 1. The lowest BCUT2D eigenvalue weighted by molar-refractivity contribution is 0.292. The van der Waals surface area contributed by atoms with Gasteiger partial charge < -0.3 is 10.4 Å². The maximum absolute atomic E-state index is 8.64. The zero-order valence-electron chi connectivity index (χ0n) is 15.8. The quantitative estimate of drug-likeness (QED) is 0.248. The first-order valence-electron chi connectivity index (χ1n) is 10.2. The molecule has 0 saturated heterocycles. The van der Waals surface area contributed by atoms with E-state index in [0.717, 1.165) is 13.1 Å². The van der Waals surface area contributed by atoms with Crippen molar-refractivity contribution < 1.29 is 5.11 Å². The third-order valence-corrected chi connectivity index (χ3v) is 4.50. The van der Waals surface area contributed by atoms with Gasteiger partial charge in [0.05, 0.1) is 6.61 Å². The molecule has 0 aliphatic rings. The Morgan fingerprint density at radius 3 is 1.22 bits per heavy atom. The Balaban J connectivity index is 0. The van der Waals surface area contributed by atoms with E-state index in [-0.39, 0.29) is 23.6 Å². The van der Waals surface area contributed by atoms with Crippen molar-refractivity contribution in [3.05, 3.63) is 0 Å². The molecule has 0 radical (unpaired) electrons. The van der Waals surface area contributed by atoms with Crippen molar-refractivity contribution in [3.63, 3.8) is 0 Å². The van der Waals surface area contributed by atoms with Crippen LogP contribution in [0.25, 0.3) is 0 Å². The highest BCUT2D eigenvalue weighted by molar-refractivity contribution is 8.93. The number of halogens is 1. The normalized spacial score (nSPS) is 10.7. The Morgan fingerprint density at radius 1 is 0.522 bits per heavy atom. The van der Waals surface area contributed by atoms with E-state index in [0.29, 0.717) is 0 Å². The molecule has 0 aliphatic heterocycles. The first kappa shape index (κ1) is 25.6. The molecule has 0 spiro atoms. The summed E-state index contributed by atoms with van der Waals surface area (Å²) in [5, 5.41) is 11.9. The van der Waals surface area contributed by atoms with Crippen molar-refractivity contribution in [2.45, 2.75) is 110 Å². The zero-order valence-corrected chi connectivity index (χ0v) is 17.5. The number of hydrogen-bond donors (Lipinski definition) is 2. The van der Waals surface area contributed by atoms with E-state index in [1.807, 2.05) is 0 Å². The molecule has 0 saturated carbocycles. The molecular weight excluding hydrogens is 350 g/mol. The van der Waals surface area contributed by atoms with E-state index >= 15 is 0 Å². The molecule has 2 N–H and O–H groups in total. The third kappa shape index (κ3) is 24.8. The van der Waals surface area contributed by atoms with Crippen molar-refractivity contribution in [2.24, 2.45) is 0 Å². The Morgan fingerprint density at radius 2 is 0.870 bits per heavy atom. The molecule has 0 atom stereocenters. The van der Waals surface area contributed by atoms with Crippen LogP contribution < -0.4 is 5.32 Å². The highest BCUT2D eigenvalue weighted by Crippen LogP contribution is 2.13. The molecule has 2 nitrogen and oxygen atoms in total. The van der Waals surface area contributed by atoms with Crippen LogP contribution in [0.15, 0.2) is 0 Å². The minimum absolute atomic E-state index is 0. The average molecular weight is 394 g/mol. The van der Waals surface area contributed by atoms with Crippen LogP contribution in [-0.4, -0.2) is 24.8 Å². The summed E-state index contributed by atoms with van der Waals surface area (Å²) < 4.78 is 0. The lowest BCUT2D eigenvalue weighted by atomic mass is 10.0. The monoisotopic (exact) mass is 393 g/mol. The first-order chi connectivity index (χ1) is 10.9. The summed E-state index contributed by atoms with van der Waals surface area (Å²) in [6, 6.07) is 0. The lowest BCUT2D eigenvalue weighted by Gasteiger charge is -2.04. The van der Waals surface area contributed by atoms with Crippen molar-refractivity contribution in [1.82, 2.24) is 5.32 Å². The predicted molar refractivity (Wildman–Crippen MR) is 110 cm³/mol. The van der Waals surface area contributed by atoms with Crippen LogP contribution in [0.3, 0.4) is 0 Å². The van der Waals surface area contributed by atoms with Gasteiger partial charge in [0.2, 0.25) is 0 Å². The molecule has 0 unspecified atom stereocenters. The predicted octanol–water partition coefficient (Wildman–Crippen LogP) is 6.41. The second-order valence-corrected chi connectivity index (χ2v) is 6.78. The molecule has 0 aromatic carbocycles. The minimum atomic E-state index is 0. The van der Waals surface area contributed by atoms with Crippen molar-refractivity contribution in [3.8, 4) is 0 Å². The minimum Gasteiger partial charge on any atom is -0.395 e. The molecule has 23 heavy (non-hydrogen) atoms. The van der Waals surface area contributed by atoms with Gasteiger partial charge in [-0.3, -0.25) is 0 Å². The van der Waals surface area contributed by atoms with Gasteiger partial charge in [0.1, 0.15) is 0 Å². The van der Waals surface area contributed by atoms with Gasteiger partial charge in [-0.05, 0) is 13.0 Å². The molecule has 0 fully saturated rings. The van der Waals surface area contributed by atoms with Crippen molar-refractivity contribution in [1.29, 1.82) is 0 Å². The largest absolute Gasteiger partial charge is 0.395 e. The third-order valence-electron chi connectivity index (χ3n) is 4.50. The van der Waals surface area contributed by atoms with E-state index in [1.165, 1.54) is 103 Å². The number of rotatable bonds is 19. The Hall–Kier alpha value is 0.400. The number of unbranched alkanes of at least 4 members (excludes halogenated alkanes) is 15. The first-order valence-corrected chi connectivity index (χ1v) is 10.2. The van der Waals surface area contributed by atoms with E-state index < -0.39 is 0 Å². The van der Waals surface area contributed by atoms with Crippen LogP contribution in [0.1, 0.15) is 110 Å². The second-order valence-electron chi connectivity index (χ2n) is 6.78. The van der Waals surface area contributed by atoms with Gasteiger partial charge in [0, 0.05) is 6.54 Å². The summed E-state index contributed by atoms with van der Waals surface area (Å²) in [6.07, 6.45) is 22.8. The van der Waals surface area contributed by atoms with Crippen LogP contribution >= 0.6 is 17.0 Å². The van der Waals surface area contributed by atoms with Gasteiger partial charge in [-0.25, -0.2) is 0 Å². The Labute approximate surface area is 157 Å². The highest BCUT2D eigenvalue weighted by Gasteiger charge is 1.94. The summed E-state index contributed by atoms with van der Waals surface area (Å²) in [4.78, 5) is 0. The van der Waals surface area contributed by atoms with Gasteiger partial charge in [0.25, 0.3) is 0 Å². The SMILES string of the molecule is Br.CCCCCCCCCCCCCCCCCCNCCO. The maximum atomic E-state index is 8.64. The van der Waals surface area contributed by atoms with E-state index in [9.17, 15) is 0 Å². The molecule has 3 heteroatoms. The standard InChI is InChI=1S/C20H43NO.BrH/c1-2-3-4-5-6-7-8-9-10-11-12-13-14-15-16-17-18-21-19-20-22;/h21-22H,2-20H2,1H3;1H. The van der Waals surface area contributed by atoms with Gasteiger partial charge in [0.15, 0.2) is 0 Å². The highest BCUT2D eigenvalue weighted by atomic mass is 79.9. The van der Waals surface area contributed by atoms with Gasteiger partial charge in [-0.2, -0.15) is 0 Å². The summed E-state index contributed by atoms with van der Waals surface area (Å²) in [7, 11) is 0. The van der Waals surface area contributed by atoms with Crippen LogP contribution in [0, 0.1) is 0 Å². The molecule has 0 aromatic rings. The maximum Gasteiger partial charge on any atom is 0.0555 e. The van der Waals surface area contributed by atoms with Gasteiger partial charge in [-0.1, -0.05) is 103 Å². The molecule has 0 amide bonds. The lowest BCUT2D eigenvalue weighted by Crippen LogP contribution is -2.19. The smallest absolute Gasteiger partial charge is 0.0555 e. The summed E-state index contributed by atoms with van der Waals surface area (Å²) in [5.41, 5.74) is 0. The summed E-state index contributed by atoms with van der Waals surface area (Å²) in [6.45, 7) is 4.37. The molecular formula is C20H44BrNO. The van der Waals surface area contributed by atoms with E-state index in [4.69, 9.17) is 5.11 Å². The van der Waals surface area contributed by atoms with Crippen LogP contribution in [0.4, 0.5) is 0 Å². The van der Waals surface area contributed by atoms with Gasteiger partial charge >= 0.3 is 0 Å². The topological polar surface area (TPSA) is 32.3 Å². The van der Waals surface area contributed by atoms with Crippen LogP contribution in [-0.2, 0) is 0 Å². The average Bonchev–Trinajstić information content (AvgIpc) is 2.54. The van der Waals surface area contributed by atoms with E-state index in [1.54, 1.807) is 0 Å². The molecule has 0 aromatic heterocycles. The Bertz CT molecular complexity index is 170.